The van der Waals surface area contributed by atoms with Crippen LogP contribution in [0.5, 0.6) is 5.88 Å². The molecule has 1 fully saturated rings. The summed E-state index contributed by atoms with van der Waals surface area (Å²) in [6, 6.07) is 0. The predicted molar refractivity (Wildman–Crippen MR) is 62.7 cm³/mol. The van der Waals surface area contributed by atoms with Crippen molar-refractivity contribution in [3.05, 3.63) is 12.4 Å². The van der Waals surface area contributed by atoms with Crippen LogP contribution in [0.4, 0.5) is 5.82 Å². The quantitative estimate of drug-likeness (QED) is 0.785. The van der Waals surface area contributed by atoms with Crippen LogP contribution in [0, 0.1) is 5.92 Å². The van der Waals surface area contributed by atoms with E-state index in [-0.39, 0.29) is 0 Å². The predicted octanol–water partition coefficient (Wildman–Crippen LogP) is 1.71. The Morgan fingerprint density at radius 2 is 2.47 bits per heavy atom. The molecule has 4 nitrogen and oxygen atoms in total. The number of anilines is 1. The van der Waals surface area contributed by atoms with Gasteiger partial charge in [-0.1, -0.05) is 15.9 Å². The van der Waals surface area contributed by atoms with Crippen LogP contribution in [0.3, 0.4) is 0 Å². The van der Waals surface area contributed by atoms with Gasteiger partial charge in [-0.3, -0.25) is 4.98 Å². The first-order valence-corrected chi connectivity index (χ1v) is 6.12. The van der Waals surface area contributed by atoms with Gasteiger partial charge in [-0.05, 0) is 12.3 Å². The van der Waals surface area contributed by atoms with E-state index in [1.54, 1.807) is 19.5 Å². The Morgan fingerprint density at radius 1 is 1.60 bits per heavy atom. The Balaban J connectivity index is 2.09. The van der Waals surface area contributed by atoms with Crippen LogP contribution in [0.15, 0.2) is 12.4 Å². The fourth-order valence-corrected chi connectivity index (χ4v) is 2.28. The summed E-state index contributed by atoms with van der Waals surface area (Å²) in [4.78, 5) is 10.7. The van der Waals surface area contributed by atoms with Crippen molar-refractivity contribution in [3.63, 3.8) is 0 Å². The number of nitrogens with zero attached hydrogens (tertiary/aromatic N) is 3. The van der Waals surface area contributed by atoms with E-state index in [0.29, 0.717) is 5.88 Å². The SMILES string of the molecule is COc1cncc(N2CCC(CBr)C2)n1. The van der Waals surface area contributed by atoms with E-state index < -0.39 is 0 Å². The van der Waals surface area contributed by atoms with Crippen LogP contribution >= 0.6 is 15.9 Å². The summed E-state index contributed by atoms with van der Waals surface area (Å²) >= 11 is 3.52. The molecule has 1 saturated heterocycles. The van der Waals surface area contributed by atoms with Gasteiger partial charge in [-0.2, -0.15) is 4.98 Å². The molecule has 1 unspecified atom stereocenters. The second-order valence-electron chi connectivity index (χ2n) is 3.67. The maximum atomic E-state index is 5.06. The van der Waals surface area contributed by atoms with Crippen molar-refractivity contribution in [3.8, 4) is 5.88 Å². The van der Waals surface area contributed by atoms with Gasteiger partial charge in [0.1, 0.15) is 0 Å². The van der Waals surface area contributed by atoms with Crippen molar-refractivity contribution >= 4 is 21.7 Å². The first kappa shape index (κ1) is 10.7. The highest BCUT2D eigenvalue weighted by Crippen LogP contribution is 2.23. The molecule has 0 bridgehead atoms. The number of aromatic nitrogens is 2. The lowest BCUT2D eigenvalue weighted by atomic mass is 10.2. The maximum Gasteiger partial charge on any atom is 0.233 e. The molecule has 0 aliphatic carbocycles. The molecule has 0 saturated carbocycles. The Morgan fingerprint density at radius 3 is 3.13 bits per heavy atom. The van der Waals surface area contributed by atoms with Crippen molar-refractivity contribution in [1.82, 2.24) is 9.97 Å². The lowest BCUT2D eigenvalue weighted by molar-refractivity contribution is 0.395. The van der Waals surface area contributed by atoms with Crippen LogP contribution in [0.1, 0.15) is 6.42 Å². The third-order valence-electron chi connectivity index (χ3n) is 2.64. The molecule has 5 heteroatoms. The summed E-state index contributed by atoms with van der Waals surface area (Å²) < 4.78 is 5.06. The van der Waals surface area contributed by atoms with Crippen LogP contribution in [-0.4, -0.2) is 35.5 Å². The van der Waals surface area contributed by atoms with E-state index in [0.717, 1.165) is 30.2 Å². The summed E-state index contributed by atoms with van der Waals surface area (Å²) in [6.45, 7) is 2.10. The molecule has 1 aliphatic rings. The fraction of sp³-hybridized carbons (Fsp3) is 0.600. The lowest BCUT2D eigenvalue weighted by Crippen LogP contribution is -2.21. The molecule has 0 spiro atoms. The van der Waals surface area contributed by atoms with Crippen LogP contribution in [-0.2, 0) is 0 Å². The third-order valence-corrected chi connectivity index (χ3v) is 3.55. The topological polar surface area (TPSA) is 38.2 Å². The van der Waals surface area contributed by atoms with Gasteiger partial charge in [0.05, 0.1) is 19.5 Å². The first-order chi connectivity index (χ1) is 7.33. The molecule has 15 heavy (non-hydrogen) atoms. The number of hydrogen-bond acceptors (Lipinski definition) is 4. The average Bonchev–Trinajstić information content (AvgIpc) is 2.78. The monoisotopic (exact) mass is 271 g/mol. The van der Waals surface area contributed by atoms with E-state index >= 15 is 0 Å². The number of ether oxygens (including phenoxy) is 1. The molecule has 1 aromatic heterocycles. The van der Waals surface area contributed by atoms with Crippen molar-refractivity contribution in [2.45, 2.75) is 6.42 Å². The zero-order valence-electron chi connectivity index (χ0n) is 8.69. The standard InChI is InChI=1S/C10H14BrN3O/c1-15-10-6-12-5-9(13-10)14-3-2-8(4-11)7-14/h5-6,8H,2-4,7H2,1H3. The van der Waals surface area contributed by atoms with Gasteiger partial charge in [0.2, 0.25) is 5.88 Å². The number of methoxy groups -OCH3 is 1. The largest absolute Gasteiger partial charge is 0.480 e. The van der Waals surface area contributed by atoms with E-state index in [2.05, 4.69) is 30.8 Å². The smallest absolute Gasteiger partial charge is 0.233 e. The minimum Gasteiger partial charge on any atom is -0.480 e. The molecule has 1 aliphatic heterocycles. The Labute approximate surface area is 97.8 Å². The van der Waals surface area contributed by atoms with Gasteiger partial charge in [-0.25, -0.2) is 0 Å². The van der Waals surface area contributed by atoms with Gasteiger partial charge in [0, 0.05) is 18.4 Å². The van der Waals surface area contributed by atoms with Crippen molar-refractivity contribution in [2.24, 2.45) is 5.92 Å². The molecule has 0 amide bonds. The minimum absolute atomic E-state index is 0.579. The molecule has 1 atom stereocenters. The van der Waals surface area contributed by atoms with Crippen LogP contribution in [0.2, 0.25) is 0 Å². The number of rotatable bonds is 3. The van der Waals surface area contributed by atoms with Gasteiger partial charge in [0.25, 0.3) is 0 Å². The van der Waals surface area contributed by atoms with E-state index in [1.807, 2.05) is 0 Å². The molecular formula is C10H14BrN3O. The molecule has 2 heterocycles. The van der Waals surface area contributed by atoms with E-state index in [4.69, 9.17) is 4.74 Å². The fourth-order valence-electron chi connectivity index (χ4n) is 1.76. The highest BCUT2D eigenvalue weighted by molar-refractivity contribution is 9.09. The minimum atomic E-state index is 0.579. The summed E-state index contributed by atoms with van der Waals surface area (Å²) in [5, 5.41) is 1.06. The summed E-state index contributed by atoms with van der Waals surface area (Å²) in [7, 11) is 1.61. The normalized spacial score (nSPS) is 20.7. The number of alkyl halides is 1. The number of hydrogen-bond donors (Lipinski definition) is 0. The molecule has 0 radical (unpaired) electrons. The maximum absolute atomic E-state index is 5.06. The van der Waals surface area contributed by atoms with Gasteiger partial charge in [-0.15, -0.1) is 0 Å². The molecule has 2 rings (SSSR count). The molecular weight excluding hydrogens is 258 g/mol. The van der Waals surface area contributed by atoms with Crippen molar-refractivity contribution in [2.75, 3.05) is 30.4 Å². The zero-order chi connectivity index (χ0) is 10.7. The summed E-state index contributed by atoms with van der Waals surface area (Å²) in [5.74, 6) is 2.21. The van der Waals surface area contributed by atoms with E-state index in [9.17, 15) is 0 Å². The third kappa shape index (κ3) is 2.40. The Bertz CT molecular complexity index is 334. The molecule has 0 aromatic carbocycles. The van der Waals surface area contributed by atoms with Gasteiger partial charge < -0.3 is 9.64 Å². The van der Waals surface area contributed by atoms with Crippen LogP contribution in [0.25, 0.3) is 0 Å². The van der Waals surface area contributed by atoms with Gasteiger partial charge >= 0.3 is 0 Å². The molecule has 82 valence electrons. The second kappa shape index (κ2) is 4.79. The highest BCUT2D eigenvalue weighted by atomic mass is 79.9. The van der Waals surface area contributed by atoms with Gasteiger partial charge in [0.15, 0.2) is 5.82 Å². The lowest BCUT2D eigenvalue weighted by Gasteiger charge is -2.16. The Kier molecular flexibility index (Phi) is 3.41. The summed E-state index contributed by atoms with van der Waals surface area (Å²) in [5.41, 5.74) is 0. The highest BCUT2D eigenvalue weighted by Gasteiger charge is 2.22. The van der Waals surface area contributed by atoms with Crippen LogP contribution < -0.4 is 9.64 Å². The second-order valence-corrected chi connectivity index (χ2v) is 4.32. The average molecular weight is 272 g/mol. The molecule has 0 N–H and O–H groups in total. The molecule has 1 aromatic rings. The van der Waals surface area contributed by atoms with Crippen molar-refractivity contribution in [1.29, 1.82) is 0 Å². The Hall–Kier alpha value is -0.840. The first-order valence-electron chi connectivity index (χ1n) is 5.00. The van der Waals surface area contributed by atoms with Crippen molar-refractivity contribution < 1.29 is 4.74 Å². The van der Waals surface area contributed by atoms with E-state index in [1.165, 1.54) is 6.42 Å². The zero-order valence-corrected chi connectivity index (χ0v) is 10.3. The number of halogens is 1. The summed E-state index contributed by atoms with van der Waals surface area (Å²) in [6.07, 6.45) is 4.63.